The second-order valence-corrected chi connectivity index (χ2v) is 22.7. The molecule has 360 valence electrons. The van der Waals surface area contributed by atoms with Gasteiger partial charge >= 0.3 is 5.69 Å². The fourth-order valence-corrected chi connectivity index (χ4v) is 12.6. The van der Waals surface area contributed by atoms with Crippen molar-refractivity contribution >= 4 is 44.0 Å². The number of nitro groups is 1. The molecular weight excluding hydrogens is 883 g/mol. The third-order valence-corrected chi connectivity index (χ3v) is 16.9. The SMILES string of the molecule is CC(C)c1ccccc1[C@@H]1COCCN1C1CC2(CCN(c3ccc(C(=O)NS(=O)(=O)c4cc5c(c([N+](=O)[O-])c4)O[C@@H](CC4CCC(C)(C)CC4)CN5)c(Oc4cnc5[nH]ccc5c4)c3)CC2)C1. The molecule has 3 aromatic carbocycles. The van der Waals surface area contributed by atoms with E-state index in [1.807, 2.05) is 12.1 Å². The van der Waals surface area contributed by atoms with Crippen molar-refractivity contribution in [2.45, 2.75) is 114 Å². The summed E-state index contributed by atoms with van der Waals surface area (Å²) in [5.74, 6) is 0.450. The smallest absolute Gasteiger partial charge is 0.314 e. The molecule has 68 heavy (non-hydrogen) atoms. The number of benzene rings is 3. The van der Waals surface area contributed by atoms with Crippen LogP contribution < -0.4 is 24.4 Å². The second-order valence-electron chi connectivity index (χ2n) is 21.0. The van der Waals surface area contributed by atoms with Crippen LogP contribution in [0.15, 0.2) is 84.0 Å². The average molecular weight is 946 g/mol. The van der Waals surface area contributed by atoms with Gasteiger partial charge in [0.25, 0.3) is 15.9 Å². The van der Waals surface area contributed by atoms with E-state index in [9.17, 15) is 23.3 Å². The Kier molecular flexibility index (Phi) is 12.4. The number of ether oxygens (including phenoxy) is 3. The number of hydrogen-bond donors (Lipinski definition) is 3. The van der Waals surface area contributed by atoms with Crippen molar-refractivity contribution < 1.29 is 32.3 Å². The molecule has 5 heterocycles. The number of nitrogens with zero attached hydrogens (tertiary/aromatic N) is 4. The van der Waals surface area contributed by atoms with E-state index in [1.54, 1.807) is 30.6 Å². The van der Waals surface area contributed by atoms with Gasteiger partial charge in [-0.05, 0) is 122 Å². The minimum absolute atomic E-state index is 0.00157. The number of fused-ring (bicyclic) bond motifs is 2. The van der Waals surface area contributed by atoms with E-state index in [1.165, 1.54) is 17.2 Å². The number of piperidine rings is 1. The van der Waals surface area contributed by atoms with E-state index >= 15 is 0 Å². The first-order valence-electron chi connectivity index (χ1n) is 24.4. The molecule has 5 aromatic rings. The number of sulfonamides is 1. The molecule has 2 aromatic heterocycles. The van der Waals surface area contributed by atoms with Crippen molar-refractivity contribution in [1.82, 2.24) is 19.6 Å². The van der Waals surface area contributed by atoms with Crippen LogP contribution in [0, 0.1) is 26.9 Å². The van der Waals surface area contributed by atoms with Gasteiger partial charge < -0.3 is 29.4 Å². The van der Waals surface area contributed by atoms with Crippen molar-refractivity contribution in [1.29, 1.82) is 0 Å². The van der Waals surface area contributed by atoms with E-state index < -0.39 is 31.4 Å². The molecule has 2 saturated heterocycles. The monoisotopic (exact) mass is 945 g/mol. The number of morpholine rings is 1. The number of hydrogen-bond acceptors (Lipinski definition) is 12. The lowest BCUT2D eigenvalue weighted by molar-refractivity contribution is -0.386. The highest BCUT2D eigenvalue weighted by molar-refractivity contribution is 7.90. The van der Waals surface area contributed by atoms with E-state index in [-0.39, 0.29) is 40.3 Å². The number of anilines is 2. The van der Waals surface area contributed by atoms with Crippen molar-refractivity contribution in [2.24, 2.45) is 16.7 Å². The van der Waals surface area contributed by atoms with Crippen LogP contribution in [0.5, 0.6) is 17.2 Å². The van der Waals surface area contributed by atoms with Gasteiger partial charge in [-0.25, -0.2) is 18.1 Å². The van der Waals surface area contributed by atoms with E-state index in [0.29, 0.717) is 47.8 Å². The van der Waals surface area contributed by atoms with Gasteiger partial charge in [-0.3, -0.25) is 19.8 Å². The summed E-state index contributed by atoms with van der Waals surface area (Å²) in [6, 6.07) is 20.6. The first-order valence-corrected chi connectivity index (χ1v) is 25.8. The van der Waals surface area contributed by atoms with Crippen molar-refractivity contribution in [3.63, 3.8) is 0 Å². The third-order valence-electron chi connectivity index (χ3n) is 15.6. The summed E-state index contributed by atoms with van der Waals surface area (Å²) >= 11 is 0. The summed E-state index contributed by atoms with van der Waals surface area (Å²) in [5, 5.41) is 16.4. The highest BCUT2D eigenvalue weighted by Gasteiger charge is 2.50. The molecule has 2 aliphatic carbocycles. The molecule has 0 bridgehead atoms. The maximum absolute atomic E-state index is 14.2. The third kappa shape index (κ3) is 9.38. The number of rotatable bonds is 12. The summed E-state index contributed by atoms with van der Waals surface area (Å²) in [5.41, 5.74) is 4.53. The van der Waals surface area contributed by atoms with Crippen LogP contribution in [0.2, 0.25) is 0 Å². The van der Waals surface area contributed by atoms with Crippen LogP contribution in [0.4, 0.5) is 17.1 Å². The number of amides is 1. The number of nitrogens with one attached hydrogen (secondary N) is 3. The lowest BCUT2D eigenvalue weighted by Gasteiger charge is -2.57. The summed E-state index contributed by atoms with van der Waals surface area (Å²) in [4.78, 5) is 38.0. The van der Waals surface area contributed by atoms with Crippen molar-refractivity contribution in [2.75, 3.05) is 49.6 Å². The van der Waals surface area contributed by atoms with Gasteiger partial charge in [0, 0.05) is 55.1 Å². The van der Waals surface area contributed by atoms with E-state index in [4.69, 9.17) is 14.2 Å². The maximum atomic E-state index is 14.2. The first kappa shape index (κ1) is 46.0. The molecule has 5 aliphatic rings. The topological polar surface area (TPSA) is 181 Å². The van der Waals surface area contributed by atoms with Gasteiger partial charge in [-0.2, -0.15) is 0 Å². The first-order chi connectivity index (χ1) is 32.6. The predicted molar refractivity (Wildman–Crippen MR) is 261 cm³/mol. The fraction of sp³-hybridized carbons (Fsp3) is 0.500. The highest BCUT2D eigenvalue weighted by Crippen LogP contribution is 2.53. The Labute approximate surface area is 398 Å². The predicted octanol–water partition coefficient (Wildman–Crippen LogP) is 10.1. The molecule has 2 saturated carbocycles. The zero-order valence-corrected chi connectivity index (χ0v) is 40.3. The molecule has 0 unspecified atom stereocenters. The van der Waals surface area contributed by atoms with Crippen LogP contribution in [-0.2, 0) is 14.8 Å². The number of aromatic amines is 1. The van der Waals surface area contributed by atoms with E-state index in [0.717, 1.165) is 101 Å². The normalized spacial score (nSPS) is 22.0. The molecule has 0 radical (unpaired) electrons. The van der Waals surface area contributed by atoms with Crippen molar-refractivity contribution in [3.05, 3.63) is 106 Å². The standard InChI is InChI=1S/C52H63N7O8S/c1-33(2)41-7-5-6-8-42(41)46-32-65-22-21-58(46)37-28-52(29-37)16-19-57(20-17-52)36-9-10-43(47(25-36)66-39-24-35-13-18-53-49(35)55-31-39)50(60)56-68(63,64)40-26-44-48(45(27-40)59(61)62)67-38(30-54-44)23-34-11-14-51(3,4)15-12-34/h5-10,13,18,24-27,31,33-34,37-38,46,54H,11-12,14-17,19-23,28-30,32H2,1-4H3,(H,53,55)(H,56,60)/t38-,46-/m0/s1. The molecule has 16 heteroatoms. The van der Waals surface area contributed by atoms with Gasteiger partial charge in [-0.15, -0.1) is 0 Å². The summed E-state index contributed by atoms with van der Waals surface area (Å²) in [7, 11) is -4.63. The Balaban J connectivity index is 0.847. The lowest BCUT2D eigenvalue weighted by atomic mass is 9.59. The zero-order valence-electron chi connectivity index (χ0n) is 39.5. The van der Waals surface area contributed by atoms with Crippen LogP contribution in [-0.4, -0.2) is 85.7 Å². The Morgan fingerprint density at radius 2 is 1.79 bits per heavy atom. The number of nitro benzene ring substituents is 1. The van der Waals surface area contributed by atoms with Gasteiger partial charge in [-0.1, -0.05) is 52.0 Å². The molecule has 3 N–H and O–H groups in total. The number of carbonyl (C=O) groups is 1. The van der Waals surface area contributed by atoms with Crippen LogP contribution >= 0.6 is 0 Å². The molecule has 3 aliphatic heterocycles. The molecule has 1 amide bonds. The second kappa shape index (κ2) is 18.3. The van der Waals surface area contributed by atoms with Gasteiger partial charge in [0.15, 0.2) is 0 Å². The fourth-order valence-electron chi connectivity index (χ4n) is 11.6. The zero-order chi connectivity index (χ0) is 47.4. The number of H-pyrrole nitrogens is 1. The lowest BCUT2D eigenvalue weighted by Crippen LogP contribution is -2.58. The molecule has 10 rings (SSSR count). The Morgan fingerprint density at radius 3 is 2.56 bits per heavy atom. The minimum atomic E-state index is -4.63. The molecule has 15 nitrogen and oxygen atoms in total. The van der Waals surface area contributed by atoms with Crippen LogP contribution in [0.25, 0.3) is 11.0 Å². The Hall–Kier alpha value is -5.71. The van der Waals surface area contributed by atoms with Crippen LogP contribution in [0.1, 0.15) is 119 Å². The quantitative estimate of drug-likeness (QED) is 0.0797. The number of aromatic nitrogens is 2. The minimum Gasteiger partial charge on any atom is -0.480 e. The van der Waals surface area contributed by atoms with Crippen LogP contribution in [0.3, 0.4) is 0 Å². The van der Waals surface area contributed by atoms with E-state index in [2.05, 4.69) is 81.8 Å². The van der Waals surface area contributed by atoms with Gasteiger partial charge in [0.1, 0.15) is 23.3 Å². The maximum Gasteiger partial charge on any atom is 0.314 e. The Bertz CT molecular complexity index is 2800. The highest BCUT2D eigenvalue weighted by atomic mass is 32.2. The largest absolute Gasteiger partial charge is 0.480 e. The number of carbonyl (C=O) groups excluding carboxylic acids is 1. The molecule has 2 atom stereocenters. The van der Waals surface area contributed by atoms with Gasteiger partial charge in [0.05, 0.1) is 53.1 Å². The molecular formula is C52H63N7O8S. The van der Waals surface area contributed by atoms with Gasteiger partial charge in [0.2, 0.25) is 5.75 Å². The molecule has 1 spiro atoms. The summed E-state index contributed by atoms with van der Waals surface area (Å²) < 4.78 is 48.9. The Morgan fingerprint density at radius 1 is 1.01 bits per heavy atom. The average Bonchev–Trinajstić information content (AvgIpc) is 3.79. The number of pyridine rings is 1. The molecule has 4 fully saturated rings. The summed E-state index contributed by atoms with van der Waals surface area (Å²) in [6.45, 7) is 13.5. The van der Waals surface area contributed by atoms with Crippen molar-refractivity contribution in [3.8, 4) is 17.2 Å². The summed E-state index contributed by atoms with van der Waals surface area (Å²) in [6.07, 6.45) is 12.5.